The third-order valence-corrected chi connectivity index (χ3v) is 4.77. The summed E-state index contributed by atoms with van der Waals surface area (Å²) in [6.07, 6.45) is 10.2. The number of nitrogens with one attached hydrogen (secondary N) is 1. The van der Waals surface area contributed by atoms with Crippen LogP contribution in [0.25, 0.3) is 0 Å². The summed E-state index contributed by atoms with van der Waals surface area (Å²) in [7, 11) is 3.97. The number of hydrogen-bond donors (Lipinski definition) is 1. The maximum atomic E-state index is 4.50. The molecule has 0 radical (unpaired) electrons. The fraction of sp³-hybridized carbons (Fsp3) is 0.667. The molecule has 0 aliphatic rings. The number of hydrogen-bond acceptors (Lipinski definition) is 3. The summed E-state index contributed by atoms with van der Waals surface area (Å²) >= 11 is 1.77. The van der Waals surface area contributed by atoms with Crippen LogP contribution in [0, 0.1) is 6.92 Å². The van der Waals surface area contributed by atoms with E-state index in [1.54, 1.807) is 11.3 Å². The molecule has 0 saturated heterocycles. The van der Waals surface area contributed by atoms with Gasteiger partial charge in [-0.3, -0.25) is 4.99 Å². The number of aromatic nitrogens is 1. The quantitative estimate of drug-likeness (QED) is 0.287. The van der Waals surface area contributed by atoms with E-state index in [1.807, 2.05) is 13.1 Å². The van der Waals surface area contributed by atoms with Crippen molar-refractivity contribution >= 4 is 17.3 Å². The van der Waals surface area contributed by atoms with Gasteiger partial charge >= 0.3 is 0 Å². The highest BCUT2D eigenvalue weighted by atomic mass is 32.1. The predicted molar refractivity (Wildman–Crippen MR) is 102 cm³/mol. The van der Waals surface area contributed by atoms with E-state index in [-0.39, 0.29) is 0 Å². The molecule has 0 aliphatic heterocycles. The van der Waals surface area contributed by atoms with Gasteiger partial charge in [-0.1, -0.05) is 12.5 Å². The Balaban J connectivity index is 2.11. The molecule has 130 valence electrons. The van der Waals surface area contributed by atoms with Crippen molar-refractivity contribution in [3.8, 4) is 0 Å². The van der Waals surface area contributed by atoms with Crippen LogP contribution in [0.15, 0.2) is 23.0 Å². The molecule has 0 amide bonds. The first-order valence-corrected chi connectivity index (χ1v) is 9.49. The molecule has 1 aromatic heterocycles. The van der Waals surface area contributed by atoms with Crippen LogP contribution in [-0.4, -0.2) is 43.0 Å². The van der Waals surface area contributed by atoms with Gasteiger partial charge in [0.2, 0.25) is 0 Å². The van der Waals surface area contributed by atoms with Gasteiger partial charge in [-0.2, -0.15) is 0 Å². The summed E-state index contributed by atoms with van der Waals surface area (Å²) in [6.45, 7) is 7.84. The molecule has 1 aromatic rings. The largest absolute Gasteiger partial charge is 0.356 e. The average Bonchev–Trinajstić information content (AvgIpc) is 2.96. The highest BCUT2D eigenvalue weighted by molar-refractivity contribution is 7.09. The van der Waals surface area contributed by atoms with E-state index in [2.05, 4.69) is 46.1 Å². The molecule has 0 atom stereocenters. The van der Waals surface area contributed by atoms with Crippen molar-refractivity contribution in [2.24, 2.45) is 4.99 Å². The van der Waals surface area contributed by atoms with E-state index in [0.717, 1.165) is 44.0 Å². The number of aryl methyl sites for hydroxylation is 2. The number of nitrogens with zero attached hydrogens (tertiary/aromatic N) is 3. The van der Waals surface area contributed by atoms with E-state index in [4.69, 9.17) is 0 Å². The minimum absolute atomic E-state index is 0.970. The van der Waals surface area contributed by atoms with Crippen molar-refractivity contribution < 1.29 is 0 Å². The molecule has 0 spiro atoms. The van der Waals surface area contributed by atoms with Crippen molar-refractivity contribution in [1.82, 2.24) is 15.2 Å². The molecule has 0 fully saturated rings. The zero-order valence-corrected chi connectivity index (χ0v) is 15.8. The summed E-state index contributed by atoms with van der Waals surface area (Å²) in [5.41, 5.74) is 1.14. The van der Waals surface area contributed by atoms with Crippen molar-refractivity contribution in [1.29, 1.82) is 0 Å². The minimum Gasteiger partial charge on any atom is -0.356 e. The van der Waals surface area contributed by atoms with Gasteiger partial charge in [0.1, 0.15) is 0 Å². The third-order valence-electron chi connectivity index (χ3n) is 3.74. The fourth-order valence-electron chi connectivity index (χ4n) is 2.42. The summed E-state index contributed by atoms with van der Waals surface area (Å²) in [4.78, 5) is 11.1. The summed E-state index contributed by atoms with van der Waals surface area (Å²) in [6, 6.07) is 0. The van der Waals surface area contributed by atoms with Gasteiger partial charge in [0.15, 0.2) is 5.96 Å². The number of rotatable bonds is 11. The molecule has 0 aromatic carbocycles. The third kappa shape index (κ3) is 8.74. The topological polar surface area (TPSA) is 40.5 Å². The molecule has 0 unspecified atom stereocenters. The normalized spacial score (nSPS) is 11.5. The Hall–Kier alpha value is -1.36. The van der Waals surface area contributed by atoms with Gasteiger partial charge < -0.3 is 10.2 Å². The number of aliphatic imine (C=N–C) groups is 1. The van der Waals surface area contributed by atoms with Gasteiger partial charge in [-0.25, -0.2) is 4.98 Å². The molecular formula is C18H32N4S. The van der Waals surface area contributed by atoms with Crippen molar-refractivity contribution in [2.75, 3.05) is 27.2 Å². The van der Waals surface area contributed by atoms with Crippen molar-refractivity contribution in [3.63, 3.8) is 0 Å². The number of thiazole rings is 1. The van der Waals surface area contributed by atoms with Crippen LogP contribution >= 0.6 is 11.3 Å². The SMILES string of the molecule is C=CCCCCCN(C)C(=NC)NCCCCc1nc(C)cs1. The number of unbranched alkanes of at least 4 members (excludes halogenated alkanes) is 4. The van der Waals surface area contributed by atoms with Crippen LogP contribution in [0.1, 0.15) is 49.2 Å². The van der Waals surface area contributed by atoms with Crippen LogP contribution < -0.4 is 5.32 Å². The Kier molecular flexibility index (Phi) is 10.4. The Morgan fingerprint density at radius 2 is 2.17 bits per heavy atom. The zero-order valence-electron chi connectivity index (χ0n) is 15.0. The lowest BCUT2D eigenvalue weighted by molar-refractivity contribution is 0.454. The van der Waals surface area contributed by atoms with Gasteiger partial charge in [-0.05, 0) is 45.4 Å². The molecule has 1 rings (SSSR count). The molecule has 1 N–H and O–H groups in total. The Morgan fingerprint density at radius 1 is 1.35 bits per heavy atom. The molecule has 0 saturated carbocycles. The summed E-state index contributed by atoms with van der Waals surface area (Å²) < 4.78 is 0. The smallest absolute Gasteiger partial charge is 0.193 e. The summed E-state index contributed by atoms with van der Waals surface area (Å²) in [5, 5.41) is 6.83. The Morgan fingerprint density at radius 3 is 2.83 bits per heavy atom. The van der Waals surface area contributed by atoms with Gasteiger partial charge in [0.05, 0.1) is 5.01 Å². The Bertz CT molecular complexity index is 467. The van der Waals surface area contributed by atoms with Gasteiger partial charge in [0, 0.05) is 38.3 Å². The van der Waals surface area contributed by atoms with Crippen LogP contribution in [0.3, 0.4) is 0 Å². The molecule has 5 heteroatoms. The van der Waals surface area contributed by atoms with Crippen molar-refractivity contribution in [2.45, 2.75) is 51.9 Å². The second kappa shape index (κ2) is 12.1. The van der Waals surface area contributed by atoms with Crippen LogP contribution in [-0.2, 0) is 6.42 Å². The van der Waals surface area contributed by atoms with Gasteiger partial charge in [-0.15, -0.1) is 17.9 Å². The van der Waals surface area contributed by atoms with E-state index >= 15 is 0 Å². The molecule has 23 heavy (non-hydrogen) atoms. The van der Waals surface area contributed by atoms with Gasteiger partial charge in [0.25, 0.3) is 0 Å². The monoisotopic (exact) mass is 336 g/mol. The van der Waals surface area contributed by atoms with Crippen LogP contribution in [0.5, 0.6) is 0 Å². The van der Waals surface area contributed by atoms with Crippen LogP contribution in [0.4, 0.5) is 0 Å². The zero-order chi connectivity index (χ0) is 16.9. The second-order valence-electron chi connectivity index (χ2n) is 5.87. The second-order valence-corrected chi connectivity index (χ2v) is 6.82. The maximum Gasteiger partial charge on any atom is 0.193 e. The molecule has 0 bridgehead atoms. The highest BCUT2D eigenvalue weighted by Crippen LogP contribution is 2.11. The summed E-state index contributed by atoms with van der Waals surface area (Å²) in [5.74, 6) is 0.999. The van der Waals surface area contributed by atoms with E-state index in [9.17, 15) is 0 Å². The van der Waals surface area contributed by atoms with Crippen LogP contribution in [0.2, 0.25) is 0 Å². The number of guanidine groups is 1. The number of allylic oxidation sites excluding steroid dienone is 1. The average molecular weight is 337 g/mol. The lowest BCUT2D eigenvalue weighted by Crippen LogP contribution is -2.39. The minimum atomic E-state index is 0.970. The molecule has 0 aliphatic carbocycles. The fourth-order valence-corrected chi connectivity index (χ4v) is 3.24. The lowest BCUT2D eigenvalue weighted by Gasteiger charge is -2.22. The lowest BCUT2D eigenvalue weighted by atomic mass is 10.2. The Labute approximate surface area is 145 Å². The first kappa shape index (κ1) is 19.7. The molecule has 4 nitrogen and oxygen atoms in total. The van der Waals surface area contributed by atoms with Crippen molar-refractivity contribution in [3.05, 3.63) is 28.7 Å². The molecular weight excluding hydrogens is 304 g/mol. The first-order valence-electron chi connectivity index (χ1n) is 8.61. The van der Waals surface area contributed by atoms with E-state index < -0.39 is 0 Å². The molecule has 1 heterocycles. The van der Waals surface area contributed by atoms with E-state index in [0.29, 0.717) is 0 Å². The highest BCUT2D eigenvalue weighted by Gasteiger charge is 2.05. The first-order chi connectivity index (χ1) is 11.2. The van der Waals surface area contributed by atoms with E-state index in [1.165, 1.54) is 30.7 Å². The predicted octanol–water partition coefficient (Wildman–Crippen LogP) is 4.03. The maximum absolute atomic E-state index is 4.50. The standard InChI is InChI=1S/C18H32N4S/c1-5-6-7-8-11-14-22(4)18(19-3)20-13-10-9-12-17-21-16(2)15-23-17/h5,15H,1,6-14H2,2-4H3,(H,19,20).